The van der Waals surface area contributed by atoms with Crippen LogP contribution in [0, 0.1) is 0 Å². The molecule has 2 heterocycles. The molecule has 0 radical (unpaired) electrons. The lowest BCUT2D eigenvalue weighted by Crippen LogP contribution is -2.17. The van der Waals surface area contributed by atoms with Gasteiger partial charge in [0, 0.05) is 12.0 Å². The number of hydrogen-bond donors (Lipinski definition) is 3. The largest absolute Gasteiger partial charge is 0.505 e. The number of carbonyl (C=O) groups is 1. The minimum Gasteiger partial charge on any atom is -0.505 e. The van der Waals surface area contributed by atoms with Crippen LogP contribution in [-0.4, -0.2) is 47.3 Å². The quantitative estimate of drug-likeness (QED) is 0.412. The van der Waals surface area contributed by atoms with Gasteiger partial charge in [-0.15, -0.1) is 0 Å². The molecule has 1 aliphatic rings. The zero-order valence-electron chi connectivity index (χ0n) is 14.9. The number of H-pyrrole nitrogens is 1. The van der Waals surface area contributed by atoms with Crippen LogP contribution in [0.15, 0.2) is 64.9 Å². The lowest BCUT2D eigenvalue weighted by Gasteiger charge is -2.10. The Kier molecular flexibility index (Phi) is 4.73. The predicted molar refractivity (Wildman–Crippen MR) is 101 cm³/mol. The van der Waals surface area contributed by atoms with Crippen molar-refractivity contribution in [2.24, 2.45) is 0 Å². The molecule has 29 heavy (non-hydrogen) atoms. The number of esters is 1. The topological polar surface area (TPSA) is 139 Å². The zero-order chi connectivity index (χ0) is 20.6. The fourth-order valence-corrected chi connectivity index (χ4v) is 3.85. The summed E-state index contributed by atoms with van der Waals surface area (Å²) in [6.07, 6.45) is -1.27. The summed E-state index contributed by atoms with van der Waals surface area (Å²) in [6.45, 7) is -0.353. The van der Waals surface area contributed by atoms with E-state index in [0.29, 0.717) is 16.9 Å². The third-order valence-corrected chi connectivity index (χ3v) is 5.71. The Morgan fingerprint density at radius 3 is 2.59 bits per heavy atom. The van der Waals surface area contributed by atoms with E-state index >= 15 is 0 Å². The first-order valence-corrected chi connectivity index (χ1v) is 10.0. The first kappa shape index (κ1) is 19.0. The van der Waals surface area contributed by atoms with Crippen LogP contribution in [0.5, 0.6) is 0 Å². The van der Waals surface area contributed by atoms with E-state index in [9.17, 15) is 23.4 Å². The van der Waals surface area contributed by atoms with Crippen molar-refractivity contribution in [2.45, 2.75) is 17.4 Å². The number of aliphatic hydroxyl groups is 2. The van der Waals surface area contributed by atoms with Crippen molar-refractivity contribution < 1.29 is 32.3 Å². The summed E-state index contributed by atoms with van der Waals surface area (Å²) in [4.78, 5) is 18.6. The van der Waals surface area contributed by atoms with Crippen LogP contribution in [0.4, 0.5) is 0 Å². The summed E-state index contributed by atoms with van der Waals surface area (Å²) in [6, 6.07) is 13.8. The average molecular weight is 416 g/mol. The van der Waals surface area contributed by atoms with Crippen LogP contribution < -0.4 is 0 Å². The number of aromatic amines is 1. The molecule has 0 saturated heterocycles. The molecule has 9 nitrogen and oxygen atoms in total. The molecule has 4 rings (SSSR count). The Labute approximate surface area is 165 Å². The molecule has 1 unspecified atom stereocenters. The number of ether oxygens (including phenoxy) is 1. The summed E-state index contributed by atoms with van der Waals surface area (Å²) >= 11 is 0. The number of imidazole rings is 1. The summed E-state index contributed by atoms with van der Waals surface area (Å²) in [5.74, 6) is -1.96. The van der Waals surface area contributed by atoms with Crippen molar-refractivity contribution >= 4 is 27.1 Å². The number of hydrogen-bond acceptors (Lipinski definition) is 8. The van der Waals surface area contributed by atoms with Gasteiger partial charge in [0.25, 0.3) is 10.1 Å². The van der Waals surface area contributed by atoms with Gasteiger partial charge in [0.2, 0.25) is 5.76 Å². The summed E-state index contributed by atoms with van der Waals surface area (Å²) in [7, 11) is -4.09. The number of benzene rings is 2. The van der Waals surface area contributed by atoms with E-state index < -0.39 is 33.7 Å². The molecule has 150 valence electrons. The number of nitrogens with one attached hydrogen (secondary N) is 1. The first-order chi connectivity index (χ1) is 13.8. The molecular formula is C19H16N2O7S. The van der Waals surface area contributed by atoms with Crippen LogP contribution >= 0.6 is 0 Å². The fourth-order valence-electron chi connectivity index (χ4n) is 2.90. The molecule has 1 atom stereocenters. The maximum absolute atomic E-state index is 12.4. The molecule has 10 heteroatoms. The van der Waals surface area contributed by atoms with Crippen LogP contribution in [0.3, 0.4) is 0 Å². The van der Waals surface area contributed by atoms with E-state index in [1.54, 1.807) is 6.07 Å². The highest BCUT2D eigenvalue weighted by Gasteiger charge is 2.34. The molecule has 0 amide bonds. The van der Waals surface area contributed by atoms with E-state index in [-0.39, 0.29) is 17.9 Å². The monoisotopic (exact) mass is 416 g/mol. The zero-order valence-corrected chi connectivity index (χ0v) is 15.7. The van der Waals surface area contributed by atoms with Crippen molar-refractivity contribution in [3.63, 3.8) is 0 Å². The second kappa shape index (κ2) is 7.22. The van der Waals surface area contributed by atoms with Gasteiger partial charge >= 0.3 is 5.97 Å². The van der Waals surface area contributed by atoms with E-state index in [1.807, 2.05) is 30.3 Å². The molecule has 3 N–H and O–H groups in total. The van der Waals surface area contributed by atoms with Gasteiger partial charge in [-0.05, 0) is 18.2 Å². The highest BCUT2D eigenvalue weighted by atomic mass is 32.2. The molecule has 1 aromatic heterocycles. The Bertz CT molecular complexity index is 1220. The number of fused-ring (bicyclic) bond motifs is 1. The van der Waals surface area contributed by atoms with Crippen molar-refractivity contribution in [3.8, 4) is 11.4 Å². The summed E-state index contributed by atoms with van der Waals surface area (Å²) in [5.41, 5.74) is 2.00. The molecule has 1 aliphatic heterocycles. The molecule has 3 aromatic rings. The number of nitrogens with zero attached hydrogens (tertiary/aromatic N) is 1. The van der Waals surface area contributed by atoms with Crippen molar-refractivity contribution in [3.05, 3.63) is 60.0 Å². The second-order valence-electron chi connectivity index (χ2n) is 6.32. The van der Waals surface area contributed by atoms with E-state index in [4.69, 9.17) is 8.92 Å². The van der Waals surface area contributed by atoms with E-state index in [1.165, 1.54) is 12.1 Å². The number of aliphatic hydroxyl groups excluding tert-OH is 2. The maximum Gasteiger partial charge on any atom is 0.377 e. The van der Waals surface area contributed by atoms with Crippen molar-refractivity contribution in [1.29, 1.82) is 0 Å². The normalized spacial score (nSPS) is 17.1. The molecule has 0 bridgehead atoms. The highest BCUT2D eigenvalue weighted by Crippen LogP contribution is 2.25. The lowest BCUT2D eigenvalue weighted by molar-refractivity contribution is -0.142. The van der Waals surface area contributed by atoms with Crippen LogP contribution in [0.1, 0.15) is 6.42 Å². The van der Waals surface area contributed by atoms with Gasteiger partial charge in [0.15, 0.2) is 11.9 Å². The van der Waals surface area contributed by atoms with E-state index in [2.05, 4.69) is 9.97 Å². The standard InChI is InChI=1S/C19H16N2O7S/c22-16-15(28-19(24)17(16)23)8-9-27-29(25,26)12-6-7-13-14(10-12)21-18(20-13)11-4-2-1-3-5-11/h1-7,10,15,22-23H,8-9H2,(H,20,21). The Balaban J connectivity index is 1.49. The molecule has 0 saturated carbocycles. The van der Waals surface area contributed by atoms with Gasteiger partial charge in [0.05, 0.1) is 22.5 Å². The van der Waals surface area contributed by atoms with Gasteiger partial charge in [-0.2, -0.15) is 8.42 Å². The summed E-state index contributed by atoms with van der Waals surface area (Å²) < 4.78 is 34.6. The number of aromatic nitrogens is 2. The smallest absolute Gasteiger partial charge is 0.377 e. The van der Waals surface area contributed by atoms with Gasteiger partial charge in [-0.25, -0.2) is 9.78 Å². The second-order valence-corrected chi connectivity index (χ2v) is 7.94. The SMILES string of the molecule is O=C1OC(CCOS(=O)(=O)c2ccc3nc(-c4ccccc4)[nH]c3c2)C(O)=C1O. The highest BCUT2D eigenvalue weighted by molar-refractivity contribution is 7.86. The van der Waals surface area contributed by atoms with Gasteiger partial charge in [-0.3, -0.25) is 4.18 Å². The number of carbonyl (C=O) groups excluding carboxylic acids is 1. The molecule has 0 fully saturated rings. The maximum atomic E-state index is 12.4. The van der Waals surface area contributed by atoms with E-state index in [0.717, 1.165) is 5.56 Å². The molecular weight excluding hydrogens is 400 g/mol. The van der Waals surface area contributed by atoms with Crippen LogP contribution in [0.2, 0.25) is 0 Å². The van der Waals surface area contributed by atoms with Gasteiger partial charge in [-0.1, -0.05) is 30.3 Å². The van der Waals surface area contributed by atoms with Crippen molar-refractivity contribution in [1.82, 2.24) is 9.97 Å². The molecule has 0 aliphatic carbocycles. The Morgan fingerprint density at radius 2 is 1.90 bits per heavy atom. The van der Waals surface area contributed by atoms with Gasteiger partial charge < -0.3 is 19.9 Å². The minimum atomic E-state index is -4.09. The third-order valence-electron chi connectivity index (χ3n) is 4.40. The third kappa shape index (κ3) is 3.67. The Hall–Kier alpha value is -3.37. The van der Waals surface area contributed by atoms with Gasteiger partial charge in [0.1, 0.15) is 5.82 Å². The minimum absolute atomic E-state index is 0.0701. The Morgan fingerprint density at radius 1 is 1.14 bits per heavy atom. The number of rotatable bonds is 6. The van der Waals surface area contributed by atoms with Crippen molar-refractivity contribution in [2.75, 3.05) is 6.61 Å². The molecule has 0 spiro atoms. The fraction of sp³-hybridized carbons (Fsp3) is 0.158. The predicted octanol–water partition coefficient (Wildman–Crippen LogP) is 2.58. The molecule has 2 aromatic carbocycles. The lowest BCUT2D eigenvalue weighted by atomic mass is 10.2. The average Bonchev–Trinajstić information content (AvgIpc) is 3.25. The van der Waals surface area contributed by atoms with Crippen LogP contribution in [0.25, 0.3) is 22.4 Å². The van der Waals surface area contributed by atoms with Crippen LogP contribution in [-0.2, 0) is 23.8 Å². The number of cyclic esters (lactones) is 1. The first-order valence-electron chi connectivity index (χ1n) is 8.63. The summed E-state index contributed by atoms with van der Waals surface area (Å²) in [5, 5.41) is 18.8.